The third-order valence-electron chi connectivity index (χ3n) is 4.43. The summed E-state index contributed by atoms with van der Waals surface area (Å²) in [6, 6.07) is 17.6. The lowest BCUT2D eigenvalue weighted by atomic mass is 10.2. The number of anilines is 1. The minimum Gasteiger partial charge on any atom is -0.486 e. The topological polar surface area (TPSA) is 74.1 Å². The highest BCUT2D eigenvalue weighted by Crippen LogP contribution is 2.31. The molecule has 0 saturated heterocycles. The molecule has 7 nitrogen and oxygen atoms in total. The molecule has 5 rings (SSSR count). The number of fused-ring (bicyclic) bond motifs is 2. The molecule has 1 aliphatic heterocycles. The molecule has 3 heterocycles. The van der Waals surface area contributed by atoms with Gasteiger partial charge in [0.25, 0.3) is 0 Å². The number of aromatic nitrogens is 4. The van der Waals surface area contributed by atoms with Crippen LogP contribution in [0.3, 0.4) is 0 Å². The molecule has 27 heavy (non-hydrogen) atoms. The second kappa shape index (κ2) is 6.60. The van der Waals surface area contributed by atoms with Crippen LogP contribution in [0.4, 0.5) is 5.82 Å². The van der Waals surface area contributed by atoms with Gasteiger partial charge in [0.1, 0.15) is 24.9 Å². The molecule has 7 heteroatoms. The molecule has 134 valence electrons. The van der Waals surface area contributed by atoms with Gasteiger partial charge in [0.2, 0.25) is 0 Å². The van der Waals surface area contributed by atoms with Crippen LogP contribution in [0.1, 0.15) is 0 Å². The van der Waals surface area contributed by atoms with Crippen LogP contribution < -0.4 is 14.8 Å². The third-order valence-corrected chi connectivity index (χ3v) is 4.43. The number of rotatable bonds is 4. The van der Waals surface area contributed by atoms with Crippen molar-refractivity contribution in [1.29, 1.82) is 0 Å². The molecule has 0 radical (unpaired) electrons. The second-order valence-corrected chi connectivity index (χ2v) is 6.23. The molecule has 0 amide bonds. The fraction of sp³-hybridized carbons (Fsp3) is 0.150. The highest BCUT2D eigenvalue weighted by atomic mass is 16.6. The van der Waals surface area contributed by atoms with Crippen LogP contribution in [0.25, 0.3) is 16.7 Å². The molecular weight excluding hydrogens is 342 g/mol. The van der Waals surface area contributed by atoms with Crippen molar-refractivity contribution in [3.8, 4) is 17.2 Å². The van der Waals surface area contributed by atoms with Crippen LogP contribution in [0.2, 0.25) is 0 Å². The summed E-state index contributed by atoms with van der Waals surface area (Å²) < 4.78 is 13.6. The second-order valence-electron chi connectivity index (χ2n) is 6.23. The highest BCUT2D eigenvalue weighted by Gasteiger charge is 2.21. The first-order valence-corrected chi connectivity index (χ1v) is 8.75. The van der Waals surface area contributed by atoms with Gasteiger partial charge >= 0.3 is 0 Å². The molecule has 1 aliphatic rings. The van der Waals surface area contributed by atoms with Gasteiger partial charge in [-0.15, -0.1) is 0 Å². The fourth-order valence-electron chi connectivity index (χ4n) is 3.12. The van der Waals surface area contributed by atoms with E-state index in [0.717, 1.165) is 34.0 Å². The van der Waals surface area contributed by atoms with Crippen molar-refractivity contribution in [3.63, 3.8) is 0 Å². The van der Waals surface area contributed by atoms with Crippen LogP contribution in [0.5, 0.6) is 11.5 Å². The summed E-state index contributed by atoms with van der Waals surface area (Å²) in [5.41, 5.74) is 1.71. The lowest BCUT2D eigenvalue weighted by Gasteiger charge is -2.26. The van der Waals surface area contributed by atoms with Gasteiger partial charge < -0.3 is 14.8 Å². The average molecular weight is 359 g/mol. The Morgan fingerprint density at radius 1 is 1.00 bits per heavy atom. The van der Waals surface area contributed by atoms with E-state index < -0.39 is 0 Å². The van der Waals surface area contributed by atoms with Crippen molar-refractivity contribution in [2.24, 2.45) is 0 Å². The van der Waals surface area contributed by atoms with Gasteiger partial charge in [-0.3, -0.25) is 0 Å². The predicted octanol–water partition coefficient (Wildman–Crippen LogP) is 3.07. The lowest BCUT2D eigenvalue weighted by molar-refractivity contribution is 0.0997. The van der Waals surface area contributed by atoms with Crippen molar-refractivity contribution < 1.29 is 9.47 Å². The van der Waals surface area contributed by atoms with E-state index >= 15 is 0 Å². The summed E-state index contributed by atoms with van der Waals surface area (Å²) in [7, 11) is 0. The first-order chi connectivity index (χ1) is 13.4. The minimum atomic E-state index is -0.103. The maximum Gasteiger partial charge on any atom is 0.168 e. The summed E-state index contributed by atoms with van der Waals surface area (Å²) in [6.07, 6.45) is 3.21. The molecule has 0 fully saturated rings. The van der Waals surface area contributed by atoms with Gasteiger partial charge in [-0.25, -0.2) is 14.6 Å². The Labute approximate surface area is 155 Å². The molecular formula is C20H17N5O2. The van der Waals surface area contributed by atoms with Crippen LogP contribution in [0, 0.1) is 0 Å². The molecule has 0 saturated carbocycles. The Bertz CT molecular complexity index is 1080. The molecule has 2 aromatic carbocycles. The molecule has 0 spiro atoms. The normalized spacial score (nSPS) is 15.6. The Hall–Kier alpha value is -3.61. The molecule has 0 aliphatic carbocycles. The van der Waals surface area contributed by atoms with E-state index in [1.165, 1.54) is 0 Å². The monoisotopic (exact) mass is 359 g/mol. The van der Waals surface area contributed by atoms with Gasteiger partial charge in [-0.2, -0.15) is 5.10 Å². The summed E-state index contributed by atoms with van der Waals surface area (Å²) in [5, 5.41) is 8.67. The van der Waals surface area contributed by atoms with Crippen molar-refractivity contribution in [2.75, 3.05) is 18.5 Å². The average Bonchev–Trinajstić information content (AvgIpc) is 3.17. The zero-order valence-corrected chi connectivity index (χ0v) is 14.4. The Balaban J connectivity index is 1.36. The van der Waals surface area contributed by atoms with E-state index in [1.54, 1.807) is 17.2 Å². The summed E-state index contributed by atoms with van der Waals surface area (Å²) in [6.45, 7) is 1.05. The van der Waals surface area contributed by atoms with Crippen molar-refractivity contribution in [3.05, 3.63) is 67.1 Å². The van der Waals surface area contributed by atoms with Gasteiger partial charge in [0.05, 0.1) is 23.8 Å². The number of hydrogen-bond acceptors (Lipinski definition) is 6. The highest BCUT2D eigenvalue weighted by molar-refractivity contribution is 5.87. The van der Waals surface area contributed by atoms with E-state index in [4.69, 9.17) is 9.47 Å². The molecule has 1 atom stereocenters. The first kappa shape index (κ1) is 15.6. The van der Waals surface area contributed by atoms with E-state index in [0.29, 0.717) is 13.2 Å². The molecule has 2 aromatic heterocycles. The van der Waals surface area contributed by atoms with Crippen LogP contribution in [-0.4, -0.2) is 39.0 Å². The van der Waals surface area contributed by atoms with Crippen LogP contribution in [0.15, 0.2) is 67.1 Å². The van der Waals surface area contributed by atoms with Gasteiger partial charge in [0.15, 0.2) is 17.1 Å². The van der Waals surface area contributed by atoms with Crippen LogP contribution >= 0.6 is 0 Å². The van der Waals surface area contributed by atoms with Crippen molar-refractivity contribution in [2.45, 2.75) is 6.10 Å². The van der Waals surface area contributed by atoms with Gasteiger partial charge in [-0.05, 0) is 24.3 Å². The predicted molar refractivity (Wildman–Crippen MR) is 102 cm³/mol. The minimum absolute atomic E-state index is 0.103. The third kappa shape index (κ3) is 2.93. The molecule has 4 aromatic rings. The maximum atomic E-state index is 5.99. The Kier molecular flexibility index (Phi) is 3.82. The number of benzene rings is 2. The van der Waals surface area contributed by atoms with Gasteiger partial charge in [-0.1, -0.05) is 30.3 Å². The molecule has 1 N–H and O–H groups in total. The number of nitrogens with zero attached hydrogens (tertiary/aromatic N) is 4. The van der Waals surface area contributed by atoms with E-state index in [9.17, 15) is 0 Å². The first-order valence-electron chi connectivity index (χ1n) is 8.75. The van der Waals surface area contributed by atoms with E-state index in [-0.39, 0.29) is 6.10 Å². The number of para-hydroxylation sites is 3. The number of nitrogens with one attached hydrogen (secondary N) is 1. The summed E-state index contributed by atoms with van der Waals surface area (Å²) in [4.78, 5) is 8.77. The Morgan fingerprint density at radius 2 is 1.81 bits per heavy atom. The standard InChI is InChI=1S/C20H17N5O2/c1-2-6-14(7-3-1)25-20-16(11-24-25)19(22-13-23-20)21-10-15-12-26-17-8-4-5-9-18(17)27-15/h1-9,11,13,15H,10,12H2,(H,21,22,23)/t15-/m1/s1. The van der Waals surface area contributed by atoms with Crippen molar-refractivity contribution in [1.82, 2.24) is 19.7 Å². The zero-order chi connectivity index (χ0) is 18.1. The van der Waals surface area contributed by atoms with Crippen molar-refractivity contribution >= 4 is 16.9 Å². The number of hydrogen-bond donors (Lipinski definition) is 1. The maximum absolute atomic E-state index is 5.99. The quantitative estimate of drug-likeness (QED) is 0.604. The molecule has 0 unspecified atom stereocenters. The largest absolute Gasteiger partial charge is 0.486 e. The molecule has 0 bridgehead atoms. The summed E-state index contributed by atoms with van der Waals surface area (Å²) in [5.74, 6) is 2.27. The van der Waals surface area contributed by atoms with Gasteiger partial charge in [0, 0.05) is 0 Å². The number of ether oxygens (including phenoxy) is 2. The fourth-order valence-corrected chi connectivity index (χ4v) is 3.12. The van der Waals surface area contributed by atoms with E-state index in [2.05, 4.69) is 20.4 Å². The zero-order valence-electron chi connectivity index (χ0n) is 14.4. The van der Waals surface area contributed by atoms with E-state index in [1.807, 2.05) is 54.6 Å². The van der Waals surface area contributed by atoms with Crippen LogP contribution in [-0.2, 0) is 0 Å². The lowest BCUT2D eigenvalue weighted by Crippen LogP contribution is -2.35. The SMILES string of the molecule is c1ccc(-n2ncc3c(NC[C@@H]4COc5ccccc5O4)ncnc32)cc1. The smallest absolute Gasteiger partial charge is 0.168 e. The summed E-state index contributed by atoms with van der Waals surface area (Å²) >= 11 is 0. The Morgan fingerprint density at radius 3 is 2.70 bits per heavy atom.